The Labute approximate surface area is 195 Å². The average Bonchev–Trinajstić information content (AvgIpc) is 3.24. The topological polar surface area (TPSA) is 43.4 Å². The lowest BCUT2D eigenvalue weighted by Crippen LogP contribution is -2.58. The predicted molar refractivity (Wildman–Crippen MR) is 127 cm³/mol. The minimum Gasteiger partial charge on any atom is -0.462 e. The molecule has 3 nitrogen and oxygen atoms in total. The van der Waals surface area contributed by atoms with Crippen LogP contribution in [0.2, 0.25) is 0 Å². The van der Waals surface area contributed by atoms with Gasteiger partial charge in [0.1, 0.15) is 11.9 Å². The first-order valence-corrected chi connectivity index (χ1v) is 13.9. The van der Waals surface area contributed by atoms with E-state index in [1.54, 1.807) is 0 Å². The number of esters is 1. The molecule has 0 amide bonds. The van der Waals surface area contributed by atoms with Crippen molar-refractivity contribution in [3.05, 3.63) is 0 Å². The number of ether oxygens (including phenoxy) is 1. The Morgan fingerprint density at radius 1 is 0.969 bits per heavy atom. The van der Waals surface area contributed by atoms with Crippen molar-refractivity contribution in [2.24, 2.45) is 58.2 Å². The van der Waals surface area contributed by atoms with Crippen molar-refractivity contribution in [3.8, 4) is 0 Å². The molecule has 180 valence electrons. The van der Waals surface area contributed by atoms with Gasteiger partial charge >= 0.3 is 5.97 Å². The van der Waals surface area contributed by atoms with Gasteiger partial charge in [-0.2, -0.15) is 0 Å². The van der Waals surface area contributed by atoms with E-state index in [1.165, 1.54) is 44.9 Å². The second kappa shape index (κ2) is 8.12. The molecular weight excluding hydrogens is 396 g/mol. The number of hydrogen-bond donors (Lipinski definition) is 0. The summed E-state index contributed by atoms with van der Waals surface area (Å²) in [6.07, 6.45) is 12.6. The number of ketones is 1. The normalized spacial score (nSPS) is 48.6. The molecule has 32 heavy (non-hydrogen) atoms. The second-order valence-corrected chi connectivity index (χ2v) is 13.6. The van der Waals surface area contributed by atoms with Crippen LogP contribution < -0.4 is 0 Å². The number of rotatable bonds is 5. The quantitative estimate of drug-likeness (QED) is 0.438. The van der Waals surface area contributed by atoms with Gasteiger partial charge in [-0.3, -0.25) is 9.59 Å². The predicted octanol–water partition coefficient (Wildman–Crippen LogP) is 6.83. The van der Waals surface area contributed by atoms with Crippen LogP contribution in [-0.2, 0) is 14.3 Å². The molecule has 0 aromatic heterocycles. The molecule has 5 fully saturated rings. The summed E-state index contributed by atoms with van der Waals surface area (Å²) in [6, 6.07) is 0. The van der Waals surface area contributed by atoms with Crippen molar-refractivity contribution in [3.63, 3.8) is 0 Å². The molecule has 4 saturated carbocycles. The summed E-state index contributed by atoms with van der Waals surface area (Å²) in [5.41, 5.74) is 0.503. The zero-order valence-electron chi connectivity index (χ0n) is 21.2. The van der Waals surface area contributed by atoms with E-state index in [4.69, 9.17) is 4.74 Å². The molecule has 0 unspecified atom stereocenters. The lowest BCUT2D eigenvalue weighted by atomic mass is 9.43. The number of Topliss-reactive ketones (excluding diaryl/α,β-unsaturated/α-hetero) is 1. The zero-order valence-corrected chi connectivity index (χ0v) is 21.2. The van der Waals surface area contributed by atoms with Gasteiger partial charge in [-0.25, -0.2) is 0 Å². The van der Waals surface area contributed by atoms with Crippen molar-refractivity contribution < 1.29 is 14.3 Å². The molecule has 3 heteroatoms. The Morgan fingerprint density at radius 3 is 2.47 bits per heavy atom. The maximum atomic E-state index is 13.5. The third kappa shape index (κ3) is 3.50. The maximum Gasteiger partial charge on any atom is 0.306 e. The fourth-order valence-electron chi connectivity index (χ4n) is 10.0. The van der Waals surface area contributed by atoms with Crippen molar-refractivity contribution in [2.75, 3.05) is 0 Å². The lowest BCUT2D eigenvalue weighted by molar-refractivity contribution is -0.166. The van der Waals surface area contributed by atoms with Crippen LogP contribution in [0.25, 0.3) is 0 Å². The van der Waals surface area contributed by atoms with Crippen molar-refractivity contribution >= 4 is 11.8 Å². The molecule has 1 aliphatic heterocycles. The Bertz CT molecular complexity index is 758. The zero-order chi connectivity index (χ0) is 22.8. The van der Waals surface area contributed by atoms with Gasteiger partial charge in [0.25, 0.3) is 0 Å². The van der Waals surface area contributed by atoms with Crippen LogP contribution in [0.1, 0.15) is 105 Å². The van der Waals surface area contributed by atoms with Gasteiger partial charge in [0, 0.05) is 18.3 Å². The van der Waals surface area contributed by atoms with Crippen LogP contribution in [0.3, 0.4) is 0 Å². The van der Waals surface area contributed by atoms with Gasteiger partial charge < -0.3 is 4.74 Å². The first-order chi connectivity index (χ1) is 15.1. The summed E-state index contributed by atoms with van der Waals surface area (Å²) >= 11 is 0. The van der Waals surface area contributed by atoms with Gasteiger partial charge in [0.2, 0.25) is 0 Å². The highest BCUT2D eigenvalue weighted by atomic mass is 16.5. The van der Waals surface area contributed by atoms with E-state index < -0.39 is 0 Å². The van der Waals surface area contributed by atoms with Crippen LogP contribution in [-0.4, -0.2) is 17.9 Å². The highest BCUT2D eigenvalue weighted by Gasteiger charge is 2.64. The molecule has 5 aliphatic rings. The third-order valence-corrected chi connectivity index (χ3v) is 11.5. The summed E-state index contributed by atoms with van der Waals surface area (Å²) in [4.78, 5) is 25.5. The Morgan fingerprint density at radius 2 is 1.72 bits per heavy atom. The fourth-order valence-corrected chi connectivity index (χ4v) is 10.0. The van der Waals surface area contributed by atoms with Gasteiger partial charge in [-0.15, -0.1) is 0 Å². The monoisotopic (exact) mass is 442 g/mol. The van der Waals surface area contributed by atoms with Crippen LogP contribution in [0.15, 0.2) is 0 Å². The van der Waals surface area contributed by atoms with Crippen LogP contribution in [0, 0.1) is 58.2 Å². The van der Waals surface area contributed by atoms with Crippen LogP contribution in [0.4, 0.5) is 0 Å². The van der Waals surface area contributed by atoms with E-state index in [9.17, 15) is 9.59 Å². The third-order valence-electron chi connectivity index (χ3n) is 11.5. The second-order valence-electron chi connectivity index (χ2n) is 13.6. The first-order valence-electron chi connectivity index (χ1n) is 13.9. The van der Waals surface area contributed by atoms with Gasteiger partial charge in [-0.05, 0) is 84.9 Å². The standard InChI is InChI=1S/C29H46O3/c1-17(2)7-6-8-18(3)21-9-10-22-20-14-25(30)24-15-26-19(13-27(31)32-26)16-29(24,5)23(20)11-12-28(21,22)4/h17-24,26H,6-16H2,1-5H3/t18-,19-,20+,21-,22+,23+,24-,26-,28-,29-/m1/s1. The highest BCUT2D eigenvalue weighted by molar-refractivity contribution is 5.84. The van der Waals surface area contributed by atoms with E-state index in [0.717, 1.165) is 42.9 Å². The number of hydrogen-bond acceptors (Lipinski definition) is 3. The molecule has 10 atom stereocenters. The maximum absolute atomic E-state index is 13.5. The first kappa shape index (κ1) is 22.9. The molecule has 1 saturated heterocycles. The number of carbonyl (C=O) groups is 2. The smallest absolute Gasteiger partial charge is 0.306 e. The minimum absolute atomic E-state index is 0.0116. The van der Waals surface area contributed by atoms with E-state index in [2.05, 4.69) is 34.6 Å². The van der Waals surface area contributed by atoms with Crippen LogP contribution >= 0.6 is 0 Å². The van der Waals surface area contributed by atoms with Gasteiger partial charge in [0.15, 0.2) is 0 Å². The van der Waals surface area contributed by atoms with Gasteiger partial charge in [0.05, 0.1) is 6.42 Å². The lowest BCUT2D eigenvalue weighted by Gasteiger charge is -2.61. The van der Waals surface area contributed by atoms with Gasteiger partial charge in [-0.1, -0.05) is 53.9 Å². The Balaban J connectivity index is 1.34. The van der Waals surface area contributed by atoms with Crippen molar-refractivity contribution in [1.82, 2.24) is 0 Å². The SMILES string of the molecule is CC(C)CCC[C@@H](C)[C@H]1CC[C@H]2[C@@H]3CC(=O)[C@H]4C[C@H]5OC(=O)C[C@@H]5C[C@]4(C)[C@H]3CC[C@]12C. The summed E-state index contributed by atoms with van der Waals surface area (Å²) < 4.78 is 5.63. The largest absolute Gasteiger partial charge is 0.462 e. The molecule has 0 aromatic rings. The van der Waals surface area contributed by atoms with Crippen molar-refractivity contribution in [2.45, 2.75) is 111 Å². The average molecular weight is 443 g/mol. The molecule has 0 aromatic carbocycles. The molecule has 5 rings (SSSR count). The summed E-state index contributed by atoms with van der Waals surface area (Å²) in [6.45, 7) is 12.2. The molecular formula is C29H46O3. The molecule has 0 radical (unpaired) electrons. The summed E-state index contributed by atoms with van der Waals surface area (Å²) in [5.74, 6) is 5.33. The molecule has 0 N–H and O–H groups in total. The van der Waals surface area contributed by atoms with E-state index >= 15 is 0 Å². The molecule has 4 aliphatic carbocycles. The van der Waals surface area contributed by atoms with E-state index in [1.807, 2.05) is 0 Å². The Kier molecular flexibility index (Phi) is 5.81. The van der Waals surface area contributed by atoms with Crippen LogP contribution in [0.5, 0.6) is 0 Å². The molecule has 0 spiro atoms. The number of fused-ring (bicyclic) bond motifs is 6. The molecule has 1 heterocycles. The fraction of sp³-hybridized carbons (Fsp3) is 0.931. The van der Waals surface area contributed by atoms with E-state index in [0.29, 0.717) is 35.4 Å². The minimum atomic E-state index is -0.0347. The van der Waals surface area contributed by atoms with E-state index in [-0.39, 0.29) is 23.4 Å². The number of carbonyl (C=O) groups excluding carboxylic acids is 2. The van der Waals surface area contributed by atoms with Crippen molar-refractivity contribution in [1.29, 1.82) is 0 Å². The summed E-state index contributed by atoms with van der Waals surface area (Å²) in [5, 5.41) is 0. The molecule has 0 bridgehead atoms. The Hall–Kier alpha value is -0.860. The summed E-state index contributed by atoms with van der Waals surface area (Å²) in [7, 11) is 0. The highest BCUT2D eigenvalue weighted by Crippen LogP contribution is 2.68.